The molecule has 1 atom stereocenters. The smallest absolute Gasteiger partial charge is 0.0333 e. The summed E-state index contributed by atoms with van der Waals surface area (Å²) in [6.07, 6.45) is 0. The quantitative estimate of drug-likeness (QED) is 0.803. The van der Waals surface area contributed by atoms with Crippen molar-refractivity contribution in [3.63, 3.8) is 0 Å². The lowest BCUT2D eigenvalue weighted by atomic mass is 10.2. The van der Waals surface area contributed by atoms with E-state index in [1.807, 2.05) is 11.3 Å². The maximum Gasteiger partial charge on any atom is 0.0333 e. The maximum atomic E-state index is 3.52. The molecule has 0 fully saturated rings. The zero-order valence-corrected chi connectivity index (χ0v) is 12.6. The molecule has 1 N–H and O–H groups in total. The molecule has 0 spiro atoms. The predicted molar refractivity (Wildman–Crippen MR) is 77.6 cm³/mol. The van der Waals surface area contributed by atoms with Crippen LogP contribution in [-0.2, 0) is 6.54 Å². The Morgan fingerprint density at radius 1 is 1.24 bits per heavy atom. The second-order valence-corrected chi connectivity index (χ2v) is 6.29. The van der Waals surface area contributed by atoms with Gasteiger partial charge >= 0.3 is 0 Å². The molecule has 0 bridgehead atoms. The van der Waals surface area contributed by atoms with E-state index in [4.69, 9.17) is 0 Å². The van der Waals surface area contributed by atoms with Crippen LogP contribution in [0, 0.1) is 0 Å². The van der Waals surface area contributed by atoms with Crippen LogP contribution >= 0.6 is 11.3 Å². The van der Waals surface area contributed by atoms with Crippen LogP contribution in [0.5, 0.6) is 0 Å². The largest absolute Gasteiger partial charge is 0.313 e. The molecule has 0 aliphatic carbocycles. The summed E-state index contributed by atoms with van der Waals surface area (Å²) in [4.78, 5) is 4.01. The number of nitrogens with one attached hydrogen (secondary N) is 1. The van der Waals surface area contributed by atoms with Gasteiger partial charge in [0.25, 0.3) is 0 Å². The first kappa shape index (κ1) is 14.7. The van der Waals surface area contributed by atoms with Crippen LogP contribution in [0.15, 0.2) is 17.5 Å². The lowest BCUT2D eigenvalue weighted by molar-refractivity contribution is 0.152. The molecule has 98 valence electrons. The zero-order valence-electron chi connectivity index (χ0n) is 11.7. The minimum absolute atomic E-state index is 0.563. The van der Waals surface area contributed by atoms with Crippen LogP contribution in [0.2, 0.25) is 0 Å². The average molecular weight is 254 g/mol. The van der Waals surface area contributed by atoms with E-state index < -0.39 is 0 Å². The van der Waals surface area contributed by atoms with Crippen LogP contribution in [-0.4, -0.2) is 29.6 Å². The van der Waals surface area contributed by atoms with Gasteiger partial charge in [-0.1, -0.05) is 19.9 Å². The van der Waals surface area contributed by atoms with Crippen molar-refractivity contribution < 1.29 is 0 Å². The molecule has 1 aromatic rings. The molecule has 0 aromatic carbocycles. The molecule has 0 saturated carbocycles. The van der Waals surface area contributed by atoms with Gasteiger partial charge in [0.2, 0.25) is 0 Å². The first-order valence-electron chi connectivity index (χ1n) is 6.52. The SMILES string of the molecule is CC(C)NCC(C)N(Cc1cccs1)C(C)C. The third-order valence-corrected chi connectivity index (χ3v) is 3.83. The van der Waals surface area contributed by atoms with Crippen molar-refractivity contribution in [1.29, 1.82) is 0 Å². The van der Waals surface area contributed by atoms with Crippen molar-refractivity contribution in [3.05, 3.63) is 22.4 Å². The summed E-state index contributed by atoms with van der Waals surface area (Å²) >= 11 is 1.85. The molecule has 0 radical (unpaired) electrons. The van der Waals surface area contributed by atoms with Crippen molar-refractivity contribution in [2.24, 2.45) is 0 Å². The summed E-state index contributed by atoms with van der Waals surface area (Å²) in [5, 5.41) is 5.68. The Kier molecular flexibility index (Phi) is 6.17. The second-order valence-electron chi connectivity index (χ2n) is 5.26. The molecule has 1 unspecified atom stereocenters. The molecule has 2 nitrogen and oxygen atoms in total. The molecule has 0 saturated heterocycles. The summed E-state index contributed by atoms with van der Waals surface area (Å²) in [5.41, 5.74) is 0. The van der Waals surface area contributed by atoms with Gasteiger partial charge in [-0.25, -0.2) is 0 Å². The number of thiophene rings is 1. The molecule has 0 aliphatic heterocycles. The first-order valence-corrected chi connectivity index (χ1v) is 7.40. The minimum Gasteiger partial charge on any atom is -0.313 e. The third-order valence-electron chi connectivity index (χ3n) is 2.97. The minimum atomic E-state index is 0.563. The third kappa shape index (κ3) is 5.19. The molecule has 1 rings (SSSR count). The molecular weight excluding hydrogens is 228 g/mol. The van der Waals surface area contributed by atoms with Crippen LogP contribution in [0.3, 0.4) is 0 Å². The van der Waals surface area contributed by atoms with Crippen molar-refractivity contribution >= 4 is 11.3 Å². The van der Waals surface area contributed by atoms with Crippen molar-refractivity contribution in [1.82, 2.24) is 10.2 Å². The van der Waals surface area contributed by atoms with Gasteiger partial charge in [0.15, 0.2) is 0 Å². The van der Waals surface area contributed by atoms with Gasteiger partial charge in [-0.15, -0.1) is 11.3 Å². The number of nitrogens with zero attached hydrogens (tertiary/aromatic N) is 1. The van der Waals surface area contributed by atoms with Gasteiger partial charge < -0.3 is 5.32 Å². The normalized spacial score (nSPS) is 13.9. The lowest BCUT2D eigenvalue weighted by Gasteiger charge is -2.33. The van der Waals surface area contributed by atoms with Gasteiger partial charge in [-0.2, -0.15) is 0 Å². The summed E-state index contributed by atoms with van der Waals surface area (Å²) in [5.74, 6) is 0. The fourth-order valence-corrected chi connectivity index (χ4v) is 2.67. The molecule has 1 aromatic heterocycles. The molecule has 0 amide bonds. The fourth-order valence-electron chi connectivity index (χ4n) is 1.95. The highest BCUT2D eigenvalue weighted by molar-refractivity contribution is 7.09. The predicted octanol–water partition coefficient (Wildman–Crippen LogP) is 3.35. The van der Waals surface area contributed by atoms with Gasteiger partial charge in [-0.3, -0.25) is 4.90 Å². The van der Waals surface area contributed by atoms with Gasteiger partial charge in [0, 0.05) is 36.1 Å². The second kappa shape index (κ2) is 7.14. The van der Waals surface area contributed by atoms with Crippen LogP contribution in [0.4, 0.5) is 0 Å². The van der Waals surface area contributed by atoms with E-state index in [0.29, 0.717) is 18.1 Å². The topological polar surface area (TPSA) is 15.3 Å². The molecule has 17 heavy (non-hydrogen) atoms. The molecular formula is C14H26N2S. The summed E-state index contributed by atoms with van der Waals surface area (Å²) in [6.45, 7) is 13.4. The fraction of sp³-hybridized carbons (Fsp3) is 0.714. The Morgan fingerprint density at radius 2 is 1.94 bits per heavy atom. The summed E-state index contributed by atoms with van der Waals surface area (Å²) in [6, 6.07) is 6.08. The Morgan fingerprint density at radius 3 is 2.41 bits per heavy atom. The lowest BCUT2D eigenvalue weighted by Crippen LogP contribution is -2.44. The Bertz CT molecular complexity index is 293. The highest BCUT2D eigenvalue weighted by Gasteiger charge is 2.17. The van der Waals surface area contributed by atoms with Crippen molar-refractivity contribution in [2.45, 2.75) is 59.3 Å². The van der Waals surface area contributed by atoms with Crippen LogP contribution in [0.1, 0.15) is 39.5 Å². The van der Waals surface area contributed by atoms with E-state index in [2.05, 4.69) is 62.3 Å². The highest BCUT2D eigenvalue weighted by atomic mass is 32.1. The zero-order chi connectivity index (χ0) is 12.8. The molecule has 3 heteroatoms. The number of hydrogen-bond donors (Lipinski definition) is 1. The highest BCUT2D eigenvalue weighted by Crippen LogP contribution is 2.16. The summed E-state index contributed by atoms with van der Waals surface area (Å²) in [7, 11) is 0. The van der Waals surface area contributed by atoms with E-state index in [1.165, 1.54) is 4.88 Å². The first-order chi connectivity index (χ1) is 8.00. The standard InChI is InChI=1S/C14H26N2S/c1-11(2)15-9-13(5)16(12(3)4)10-14-7-6-8-17-14/h6-8,11-13,15H,9-10H2,1-5H3. The van der Waals surface area contributed by atoms with Gasteiger partial charge in [0.05, 0.1) is 0 Å². The van der Waals surface area contributed by atoms with Crippen molar-refractivity contribution in [2.75, 3.05) is 6.54 Å². The molecule has 0 aliphatic rings. The Labute approximate surface area is 110 Å². The maximum absolute atomic E-state index is 3.52. The van der Waals surface area contributed by atoms with E-state index in [9.17, 15) is 0 Å². The Balaban J connectivity index is 2.53. The average Bonchev–Trinajstić information content (AvgIpc) is 2.74. The summed E-state index contributed by atoms with van der Waals surface area (Å²) < 4.78 is 0. The van der Waals surface area contributed by atoms with E-state index in [-0.39, 0.29) is 0 Å². The monoisotopic (exact) mass is 254 g/mol. The van der Waals surface area contributed by atoms with Gasteiger partial charge in [0.1, 0.15) is 0 Å². The van der Waals surface area contributed by atoms with E-state index >= 15 is 0 Å². The van der Waals surface area contributed by atoms with E-state index in [1.54, 1.807) is 0 Å². The van der Waals surface area contributed by atoms with Crippen LogP contribution in [0.25, 0.3) is 0 Å². The van der Waals surface area contributed by atoms with E-state index in [0.717, 1.165) is 13.1 Å². The molecule has 1 heterocycles. The van der Waals surface area contributed by atoms with Crippen molar-refractivity contribution in [3.8, 4) is 0 Å². The van der Waals surface area contributed by atoms with Gasteiger partial charge in [-0.05, 0) is 32.2 Å². The number of hydrogen-bond acceptors (Lipinski definition) is 3. The number of rotatable bonds is 7. The Hall–Kier alpha value is -0.380. The van der Waals surface area contributed by atoms with Crippen LogP contribution < -0.4 is 5.32 Å².